The molecule has 1 aromatic heterocycles. The summed E-state index contributed by atoms with van der Waals surface area (Å²) in [7, 11) is 0. The quantitative estimate of drug-likeness (QED) is 0.143. The van der Waals surface area contributed by atoms with Gasteiger partial charge in [0, 0.05) is 44.3 Å². The molecule has 250 valence electrons. The number of carbonyl (C=O) groups excluding carboxylic acids is 1. The molecule has 1 amide bonds. The minimum Gasteiger partial charge on any atom is -0.372 e. The topological polar surface area (TPSA) is 82.3 Å². The van der Waals surface area contributed by atoms with E-state index in [1.807, 2.05) is 91.3 Å². The summed E-state index contributed by atoms with van der Waals surface area (Å²) in [4.78, 5) is 23.7. The van der Waals surface area contributed by atoms with Crippen molar-refractivity contribution in [2.45, 2.75) is 80.3 Å². The second kappa shape index (κ2) is 18.7. The molecule has 1 saturated heterocycles. The fraction of sp³-hybridized carbons (Fsp3) is 0.543. The number of aromatic nitrogens is 2. The first kappa shape index (κ1) is 38.0. The summed E-state index contributed by atoms with van der Waals surface area (Å²) in [6, 6.07) is 11.9. The average molecular weight is 632 g/mol. The van der Waals surface area contributed by atoms with Gasteiger partial charge in [-0.05, 0) is 35.6 Å². The molecule has 2 heterocycles. The van der Waals surface area contributed by atoms with Crippen LogP contribution in [0.2, 0.25) is 0 Å². The highest BCUT2D eigenvalue weighted by Gasteiger charge is 2.41. The van der Waals surface area contributed by atoms with Crippen molar-refractivity contribution in [1.29, 1.82) is 0 Å². The normalized spacial score (nSPS) is 16.7. The van der Waals surface area contributed by atoms with Crippen LogP contribution in [0.4, 0.5) is 13.3 Å². The van der Waals surface area contributed by atoms with E-state index in [0.717, 1.165) is 30.2 Å². The summed E-state index contributed by atoms with van der Waals surface area (Å²) in [5, 5.41) is 3.20. The number of aromatic amines is 1. The van der Waals surface area contributed by atoms with E-state index in [2.05, 4.69) is 10.3 Å². The van der Waals surface area contributed by atoms with Crippen LogP contribution in [0.15, 0.2) is 48.5 Å². The molecule has 1 aliphatic heterocycles. The number of ether oxygens (including phenoxy) is 1. The van der Waals surface area contributed by atoms with Gasteiger partial charge in [0.2, 0.25) is 5.91 Å². The zero-order valence-corrected chi connectivity index (χ0v) is 28.1. The smallest absolute Gasteiger partial charge is 0.249 e. The Morgan fingerprint density at radius 2 is 1.78 bits per heavy atom. The predicted molar refractivity (Wildman–Crippen MR) is 175 cm³/mol. The fourth-order valence-corrected chi connectivity index (χ4v) is 5.46. The van der Waals surface area contributed by atoms with Crippen LogP contribution in [-0.4, -0.2) is 59.7 Å². The first-order valence-electron chi connectivity index (χ1n) is 16.1. The van der Waals surface area contributed by atoms with Crippen LogP contribution in [0.1, 0.15) is 84.8 Å². The molecule has 0 aliphatic carbocycles. The van der Waals surface area contributed by atoms with E-state index in [0.29, 0.717) is 37.5 Å². The summed E-state index contributed by atoms with van der Waals surface area (Å²) in [5.41, 5.74) is 3.57. The molecular formula is C35H52F3N5O2. The lowest BCUT2D eigenvalue weighted by Crippen LogP contribution is -2.48. The third-order valence-corrected chi connectivity index (χ3v) is 7.41. The van der Waals surface area contributed by atoms with Crippen molar-refractivity contribution in [3.63, 3.8) is 0 Å². The molecule has 0 radical (unpaired) electrons. The van der Waals surface area contributed by atoms with Gasteiger partial charge in [0.15, 0.2) is 0 Å². The van der Waals surface area contributed by atoms with Crippen LogP contribution in [0, 0.1) is 23.0 Å². The molecule has 10 heteroatoms. The van der Waals surface area contributed by atoms with Crippen molar-refractivity contribution in [2.75, 3.05) is 32.8 Å². The van der Waals surface area contributed by atoms with Gasteiger partial charge in [-0.15, -0.1) is 4.48 Å². The number of nitrogens with zero attached hydrogens (tertiary/aromatic N) is 2. The third-order valence-electron chi connectivity index (χ3n) is 7.41. The van der Waals surface area contributed by atoms with Crippen molar-refractivity contribution in [3.05, 3.63) is 77.1 Å². The van der Waals surface area contributed by atoms with Gasteiger partial charge < -0.3 is 19.9 Å². The number of H-pyrrole nitrogens is 1. The molecule has 1 aliphatic rings. The monoisotopic (exact) mass is 631 g/mol. The van der Waals surface area contributed by atoms with Crippen LogP contribution in [0.25, 0.3) is 11.4 Å². The average Bonchev–Trinajstić information content (AvgIpc) is 3.66. The fourth-order valence-electron chi connectivity index (χ4n) is 5.46. The van der Waals surface area contributed by atoms with Gasteiger partial charge in [0.05, 0.1) is 23.3 Å². The number of rotatable bonds is 12. The Kier molecular flexibility index (Phi) is 15.8. The second-order valence-corrected chi connectivity index (χ2v) is 11.7. The zero-order chi connectivity index (χ0) is 33.6. The van der Waals surface area contributed by atoms with Gasteiger partial charge >= 0.3 is 0 Å². The second-order valence-electron chi connectivity index (χ2n) is 11.7. The Morgan fingerprint density at radius 1 is 1.09 bits per heavy atom. The van der Waals surface area contributed by atoms with Gasteiger partial charge in [-0.2, -0.15) is 5.54 Å². The number of amides is 1. The van der Waals surface area contributed by atoms with E-state index in [4.69, 9.17) is 9.72 Å². The highest BCUT2D eigenvalue weighted by Crippen LogP contribution is 2.41. The SMILES string of the molecule is CC.CC.CCCOCC(=O)N(CC1CNCC1NF)C(c1nc(-c2cc(F)ccc2F)[nH]c1Cc1ccccc1)C(C)(C)C. The predicted octanol–water partition coefficient (Wildman–Crippen LogP) is 7.40. The summed E-state index contributed by atoms with van der Waals surface area (Å²) in [6.45, 7) is 17.5. The summed E-state index contributed by atoms with van der Waals surface area (Å²) in [6.07, 6.45) is 1.19. The van der Waals surface area contributed by atoms with E-state index in [1.165, 1.54) is 0 Å². The largest absolute Gasteiger partial charge is 0.372 e. The highest BCUT2D eigenvalue weighted by molar-refractivity contribution is 5.78. The van der Waals surface area contributed by atoms with Crippen molar-refractivity contribution in [2.24, 2.45) is 11.3 Å². The number of halogens is 3. The van der Waals surface area contributed by atoms with Crippen LogP contribution < -0.4 is 10.9 Å². The maximum absolute atomic E-state index is 14.9. The number of hydrogen-bond acceptors (Lipinski definition) is 5. The Hall–Kier alpha value is -3.21. The van der Waals surface area contributed by atoms with Gasteiger partial charge in [-0.1, -0.05) is 85.7 Å². The summed E-state index contributed by atoms with van der Waals surface area (Å²) >= 11 is 0. The number of nitrogens with one attached hydrogen (secondary N) is 3. The number of carbonyl (C=O) groups is 1. The summed E-state index contributed by atoms with van der Waals surface area (Å²) in [5.74, 6) is -1.45. The Morgan fingerprint density at radius 3 is 2.40 bits per heavy atom. The van der Waals surface area contributed by atoms with E-state index >= 15 is 0 Å². The van der Waals surface area contributed by atoms with Gasteiger partial charge in [-0.3, -0.25) is 4.79 Å². The third kappa shape index (κ3) is 10.4. The molecular weight excluding hydrogens is 579 g/mol. The molecule has 7 nitrogen and oxygen atoms in total. The Balaban J connectivity index is 0.00000169. The first-order valence-corrected chi connectivity index (χ1v) is 16.1. The molecule has 3 unspecified atom stereocenters. The van der Waals surface area contributed by atoms with E-state index in [9.17, 15) is 18.1 Å². The number of imidazole rings is 1. The van der Waals surface area contributed by atoms with Gasteiger partial charge in [0.25, 0.3) is 0 Å². The first-order chi connectivity index (χ1) is 21.6. The molecule has 3 N–H and O–H groups in total. The Bertz CT molecular complexity index is 1300. The molecule has 3 atom stereocenters. The zero-order valence-electron chi connectivity index (χ0n) is 28.1. The molecule has 0 bridgehead atoms. The van der Waals surface area contributed by atoms with Crippen molar-refractivity contribution in [3.8, 4) is 11.4 Å². The minimum atomic E-state index is -0.611. The number of hydrogen-bond donors (Lipinski definition) is 3. The van der Waals surface area contributed by atoms with Crippen molar-refractivity contribution >= 4 is 5.91 Å². The molecule has 2 aromatic carbocycles. The van der Waals surface area contributed by atoms with E-state index in [1.54, 1.807) is 4.90 Å². The number of benzene rings is 2. The highest BCUT2D eigenvalue weighted by atomic mass is 19.2. The standard InChI is InChI=1S/C31H40F3N5O2.2C2H6/c1-5-13-41-19-27(40)39(18-21-16-35-17-26(21)38-34)29(31(2,3)4)28-25(14-20-9-7-6-8-10-20)36-30(37-28)23-15-22(32)11-12-24(23)33;2*1-2/h6-12,15,21,26,29,35,38H,5,13-14,16-19H2,1-4H3,(H,36,37);2*1-2H3. The van der Waals surface area contributed by atoms with Gasteiger partial charge in [0.1, 0.15) is 24.1 Å². The van der Waals surface area contributed by atoms with Crippen LogP contribution in [-0.2, 0) is 16.0 Å². The van der Waals surface area contributed by atoms with E-state index < -0.39 is 29.1 Å². The van der Waals surface area contributed by atoms with Crippen LogP contribution >= 0.6 is 0 Å². The van der Waals surface area contributed by atoms with Gasteiger partial charge in [-0.25, -0.2) is 13.8 Å². The minimum absolute atomic E-state index is 0.00376. The molecule has 0 saturated carbocycles. The molecule has 45 heavy (non-hydrogen) atoms. The molecule has 1 fully saturated rings. The lowest BCUT2D eigenvalue weighted by atomic mass is 9.81. The summed E-state index contributed by atoms with van der Waals surface area (Å²) < 4.78 is 48.4. The molecule has 4 rings (SSSR count). The molecule has 3 aromatic rings. The van der Waals surface area contributed by atoms with Crippen molar-refractivity contribution in [1.82, 2.24) is 25.7 Å². The van der Waals surface area contributed by atoms with E-state index in [-0.39, 0.29) is 36.4 Å². The maximum Gasteiger partial charge on any atom is 0.249 e. The Labute approximate surface area is 267 Å². The molecule has 0 spiro atoms. The lowest BCUT2D eigenvalue weighted by Gasteiger charge is -2.41. The lowest BCUT2D eigenvalue weighted by molar-refractivity contribution is -0.142. The van der Waals surface area contributed by atoms with Crippen LogP contribution in [0.3, 0.4) is 0 Å². The maximum atomic E-state index is 14.9. The van der Waals surface area contributed by atoms with Crippen molar-refractivity contribution < 1.29 is 22.8 Å². The van der Waals surface area contributed by atoms with Crippen LogP contribution in [0.5, 0.6) is 0 Å².